The van der Waals surface area contributed by atoms with Crippen LogP contribution in [0.5, 0.6) is 0 Å². The summed E-state index contributed by atoms with van der Waals surface area (Å²) in [6, 6.07) is 11.5. The lowest BCUT2D eigenvalue weighted by Gasteiger charge is -2.19. The van der Waals surface area contributed by atoms with Gasteiger partial charge in [0.2, 0.25) is 15.9 Å². The van der Waals surface area contributed by atoms with Crippen LogP contribution in [0.15, 0.2) is 52.3 Å². The molecule has 2 N–H and O–H groups in total. The van der Waals surface area contributed by atoms with Crippen molar-refractivity contribution in [2.24, 2.45) is 0 Å². The quantitative estimate of drug-likeness (QED) is 0.656. The highest BCUT2D eigenvalue weighted by atomic mass is 32.2. The molecule has 2 amide bonds. The number of hydrogen-bond donors (Lipinski definition) is 2. The van der Waals surface area contributed by atoms with Gasteiger partial charge in [-0.25, -0.2) is 8.42 Å². The summed E-state index contributed by atoms with van der Waals surface area (Å²) in [5.41, 5.74) is 1.90. The minimum Gasteiger partial charge on any atom is -0.346 e. The Hall–Kier alpha value is -2.36. The molecule has 0 aliphatic carbocycles. The monoisotopic (exact) mass is 461 g/mol. The number of anilines is 1. The van der Waals surface area contributed by atoms with Crippen LogP contribution >= 0.6 is 11.8 Å². The second-order valence-electron chi connectivity index (χ2n) is 7.21. The number of carbonyl (C=O) groups excluding carboxylic acids is 2. The zero-order valence-corrected chi connectivity index (χ0v) is 19.5. The van der Waals surface area contributed by atoms with Gasteiger partial charge in [0.25, 0.3) is 5.91 Å². The Bertz CT molecular complexity index is 1060. The van der Waals surface area contributed by atoms with E-state index in [9.17, 15) is 18.0 Å². The molecule has 1 aliphatic heterocycles. The summed E-state index contributed by atoms with van der Waals surface area (Å²) in [5, 5.41) is 5.77. The summed E-state index contributed by atoms with van der Waals surface area (Å²) in [6.07, 6.45) is 0.442. The van der Waals surface area contributed by atoms with Crippen molar-refractivity contribution in [3.05, 3.63) is 53.6 Å². The number of rotatable bonds is 7. The van der Waals surface area contributed by atoms with Crippen molar-refractivity contribution in [3.8, 4) is 0 Å². The van der Waals surface area contributed by atoms with Gasteiger partial charge in [0.05, 0.1) is 16.6 Å². The molecule has 0 saturated heterocycles. The highest BCUT2D eigenvalue weighted by molar-refractivity contribution is 7.99. The van der Waals surface area contributed by atoms with E-state index in [-0.39, 0.29) is 22.8 Å². The molecule has 0 radical (unpaired) electrons. The van der Waals surface area contributed by atoms with Crippen LogP contribution in [0.2, 0.25) is 0 Å². The van der Waals surface area contributed by atoms with Crippen LogP contribution in [0.25, 0.3) is 0 Å². The fourth-order valence-electron chi connectivity index (χ4n) is 3.37. The maximum atomic E-state index is 12.7. The molecule has 0 unspecified atom stereocenters. The number of nitrogens with one attached hydrogen (secondary N) is 2. The van der Waals surface area contributed by atoms with Gasteiger partial charge in [-0.15, -0.1) is 11.8 Å². The molecule has 7 nitrogen and oxygen atoms in total. The number of thioether (sulfide) groups is 1. The first-order chi connectivity index (χ1) is 14.8. The van der Waals surface area contributed by atoms with Gasteiger partial charge >= 0.3 is 0 Å². The van der Waals surface area contributed by atoms with Crippen molar-refractivity contribution in [2.45, 2.75) is 43.0 Å². The molecule has 0 fully saturated rings. The topological polar surface area (TPSA) is 95.6 Å². The third-order valence-electron chi connectivity index (χ3n) is 5.17. The number of benzene rings is 2. The lowest BCUT2D eigenvalue weighted by atomic mass is 10.1. The number of fused-ring (bicyclic) bond motifs is 1. The molecule has 166 valence electrons. The summed E-state index contributed by atoms with van der Waals surface area (Å²) < 4.78 is 26.7. The molecular formula is C22H27N3O4S2. The maximum absolute atomic E-state index is 12.7. The van der Waals surface area contributed by atoms with Gasteiger partial charge in [-0.1, -0.05) is 26.0 Å². The lowest BCUT2D eigenvalue weighted by Crippen LogP contribution is -2.30. The molecule has 0 spiro atoms. The standard InChI is InChI=1S/C22H27N3O4S2/c1-4-25(5-2)31(28,29)18-9-6-16(7-10-18)15(3)23-22(27)17-8-11-20-19(14-17)24-21(26)12-13-30-20/h6-11,14-15H,4-5,12-13H2,1-3H3,(H,23,27)(H,24,26)/t15-/m1/s1. The van der Waals surface area contributed by atoms with Gasteiger partial charge < -0.3 is 10.6 Å². The first-order valence-electron chi connectivity index (χ1n) is 10.2. The van der Waals surface area contributed by atoms with Crippen LogP contribution in [-0.2, 0) is 14.8 Å². The summed E-state index contributed by atoms with van der Waals surface area (Å²) in [4.78, 5) is 25.7. The van der Waals surface area contributed by atoms with E-state index in [4.69, 9.17) is 0 Å². The fourth-order valence-corrected chi connectivity index (χ4v) is 5.76. The molecule has 0 aromatic heterocycles. The fraction of sp³-hybridized carbons (Fsp3) is 0.364. The van der Waals surface area contributed by atoms with Gasteiger partial charge in [-0.3, -0.25) is 9.59 Å². The average molecular weight is 462 g/mol. The maximum Gasteiger partial charge on any atom is 0.251 e. The van der Waals surface area contributed by atoms with E-state index in [1.54, 1.807) is 62.0 Å². The van der Waals surface area contributed by atoms with Crippen LogP contribution in [0.1, 0.15) is 49.2 Å². The molecule has 1 heterocycles. The zero-order chi connectivity index (χ0) is 22.6. The highest BCUT2D eigenvalue weighted by Gasteiger charge is 2.22. The van der Waals surface area contributed by atoms with Crippen LogP contribution in [0.4, 0.5) is 5.69 Å². The molecule has 2 aromatic rings. The molecule has 2 aromatic carbocycles. The molecule has 31 heavy (non-hydrogen) atoms. The summed E-state index contributed by atoms with van der Waals surface area (Å²) in [5.74, 6) is 0.386. The van der Waals surface area contributed by atoms with Crippen LogP contribution in [0.3, 0.4) is 0 Å². The SMILES string of the molecule is CCN(CC)S(=O)(=O)c1ccc([C@@H](C)NC(=O)c2ccc3c(c2)NC(=O)CCS3)cc1. The van der Waals surface area contributed by atoms with Gasteiger partial charge in [-0.2, -0.15) is 4.31 Å². The minimum absolute atomic E-state index is 0.0584. The molecular weight excluding hydrogens is 434 g/mol. The molecule has 9 heteroatoms. The van der Waals surface area contributed by atoms with Gasteiger partial charge in [0.1, 0.15) is 0 Å². The van der Waals surface area contributed by atoms with Crippen molar-refractivity contribution in [1.82, 2.24) is 9.62 Å². The van der Waals surface area contributed by atoms with Gasteiger partial charge in [-0.05, 0) is 42.8 Å². The number of amides is 2. The Kier molecular flexibility index (Phi) is 7.40. The van der Waals surface area contributed by atoms with Crippen LogP contribution in [0, 0.1) is 0 Å². The number of nitrogens with zero attached hydrogens (tertiary/aromatic N) is 1. The Morgan fingerprint density at radius 3 is 2.48 bits per heavy atom. The largest absolute Gasteiger partial charge is 0.346 e. The molecule has 0 saturated carbocycles. The molecule has 1 aliphatic rings. The first kappa shape index (κ1) is 23.3. The number of carbonyl (C=O) groups is 2. The second kappa shape index (κ2) is 9.84. The predicted octanol–water partition coefficient (Wildman–Crippen LogP) is 3.64. The summed E-state index contributed by atoms with van der Waals surface area (Å²) in [7, 11) is -3.52. The van der Waals surface area contributed by atoms with E-state index in [1.807, 2.05) is 13.0 Å². The normalized spacial score (nSPS) is 15.0. The summed E-state index contributed by atoms with van der Waals surface area (Å²) in [6.45, 7) is 6.27. The Morgan fingerprint density at radius 2 is 1.84 bits per heavy atom. The number of hydrogen-bond acceptors (Lipinski definition) is 5. The zero-order valence-electron chi connectivity index (χ0n) is 17.8. The van der Waals surface area contributed by atoms with Crippen molar-refractivity contribution >= 4 is 39.3 Å². The van der Waals surface area contributed by atoms with E-state index < -0.39 is 10.0 Å². The number of sulfonamides is 1. The third kappa shape index (κ3) is 5.28. The summed E-state index contributed by atoms with van der Waals surface area (Å²) >= 11 is 1.59. The predicted molar refractivity (Wildman–Crippen MR) is 123 cm³/mol. The van der Waals surface area contributed by atoms with Crippen molar-refractivity contribution < 1.29 is 18.0 Å². The smallest absolute Gasteiger partial charge is 0.251 e. The third-order valence-corrected chi connectivity index (χ3v) is 8.31. The van der Waals surface area contributed by atoms with E-state index >= 15 is 0 Å². The van der Waals surface area contributed by atoms with Crippen LogP contribution in [-0.4, -0.2) is 43.4 Å². The van der Waals surface area contributed by atoms with Crippen LogP contribution < -0.4 is 10.6 Å². The lowest BCUT2D eigenvalue weighted by molar-refractivity contribution is -0.115. The minimum atomic E-state index is -3.52. The Labute approximate surface area is 187 Å². The first-order valence-corrected chi connectivity index (χ1v) is 12.7. The van der Waals surface area contributed by atoms with Crippen molar-refractivity contribution in [2.75, 3.05) is 24.2 Å². The van der Waals surface area contributed by atoms with Gasteiger partial charge in [0.15, 0.2) is 0 Å². The molecule has 1 atom stereocenters. The molecule has 0 bridgehead atoms. The van der Waals surface area contributed by atoms with E-state index in [2.05, 4.69) is 10.6 Å². The van der Waals surface area contributed by atoms with E-state index in [0.717, 1.165) is 10.5 Å². The van der Waals surface area contributed by atoms with E-state index in [0.29, 0.717) is 36.5 Å². The van der Waals surface area contributed by atoms with E-state index in [1.165, 1.54) is 4.31 Å². The highest BCUT2D eigenvalue weighted by Crippen LogP contribution is 2.31. The Morgan fingerprint density at radius 1 is 1.16 bits per heavy atom. The second-order valence-corrected chi connectivity index (χ2v) is 10.3. The van der Waals surface area contributed by atoms with Gasteiger partial charge in [0, 0.05) is 35.7 Å². The Balaban J connectivity index is 1.72. The molecule has 3 rings (SSSR count). The van der Waals surface area contributed by atoms with Crippen molar-refractivity contribution in [3.63, 3.8) is 0 Å². The van der Waals surface area contributed by atoms with Crippen molar-refractivity contribution in [1.29, 1.82) is 0 Å². The average Bonchev–Trinajstić information content (AvgIpc) is 2.94.